The summed E-state index contributed by atoms with van der Waals surface area (Å²) < 4.78 is 0. The minimum atomic E-state index is -1.21. The van der Waals surface area contributed by atoms with Crippen molar-refractivity contribution in [3.05, 3.63) is 0 Å². The van der Waals surface area contributed by atoms with Gasteiger partial charge in [-0.25, -0.2) is 4.79 Å². The molecule has 0 aliphatic rings. The molecule has 2 atom stereocenters. The van der Waals surface area contributed by atoms with Crippen molar-refractivity contribution in [2.45, 2.75) is 44.7 Å². The fourth-order valence-electron chi connectivity index (χ4n) is 1.75. The highest BCUT2D eigenvalue weighted by Crippen LogP contribution is 2.01. The molecular formula is C13H26N6O4. The van der Waals surface area contributed by atoms with Gasteiger partial charge in [0.15, 0.2) is 5.96 Å². The number of guanidine groups is 1. The molecule has 0 aromatic carbocycles. The third-order valence-corrected chi connectivity index (χ3v) is 2.95. The summed E-state index contributed by atoms with van der Waals surface area (Å²) in [7, 11) is 0. The van der Waals surface area contributed by atoms with Gasteiger partial charge in [-0.2, -0.15) is 0 Å². The van der Waals surface area contributed by atoms with Crippen LogP contribution >= 0.6 is 0 Å². The number of nitrogens with two attached hydrogens (primary N) is 3. The lowest BCUT2D eigenvalue weighted by Gasteiger charge is -2.17. The van der Waals surface area contributed by atoms with E-state index in [0.717, 1.165) is 0 Å². The molecule has 10 nitrogen and oxygen atoms in total. The van der Waals surface area contributed by atoms with Crippen molar-refractivity contribution in [2.24, 2.45) is 22.2 Å². The van der Waals surface area contributed by atoms with E-state index in [1.807, 2.05) is 0 Å². The molecule has 9 N–H and O–H groups in total. The lowest BCUT2D eigenvalue weighted by molar-refractivity contribution is -0.142. The first-order valence-electron chi connectivity index (χ1n) is 7.38. The standard InChI is InChI=1S/C13H26N6O4/c1-2-17-10(20)6-5-9(12(22)23)19-11(21)8(14)4-3-7-18-13(15)16/h8-9H,2-7,14H2,1H3,(H,17,20)(H,19,21)(H,22,23)(H4,15,16,18)/t8-,9-/m0/s1. The Kier molecular flexibility index (Phi) is 10.1. The Labute approximate surface area is 134 Å². The summed E-state index contributed by atoms with van der Waals surface area (Å²) >= 11 is 0. The minimum absolute atomic E-state index is 0.00478. The maximum absolute atomic E-state index is 11.9. The van der Waals surface area contributed by atoms with Gasteiger partial charge in [-0.15, -0.1) is 0 Å². The number of rotatable bonds is 11. The zero-order valence-electron chi connectivity index (χ0n) is 13.2. The molecule has 0 fully saturated rings. The summed E-state index contributed by atoms with van der Waals surface area (Å²) in [6.07, 6.45) is 0.798. The van der Waals surface area contributed by atoms with Crippen LogP contribution in [0.5, 0.6) is 0 Å². The molecule has 0 unspecified atom stereocenters. The number of amides is 2. The molecular weight excluding hydrogens is 304 g/mol. The number of carbonyl (C=O) groups is 3. The molecule has 23 heavy (non-hydrogen) atoms. The van der Waals surface area contributed by atoms with Crippen molar-refractivity contribution in [1.82, 2.24) is 10.6 Å². The number of nitrogens with zero attached hydrogens (tertiary/aromatic N) is 1. The number of hydrogen-bond donors (Lipinski definition) is 6. The molecule has 0 rings (SSSR count). The van der Waals surface area contributed by atoms with E-state index in [-0.39, 0.29) is 24.7 Å². The fourth-order valence-corrected chi connectivity index (χ4v) is 1.75. The highest BCUT2D eigenvalue weighted by Gasteiger charge is 2.23. The first-order valence-corrected chi connectivity index (χ1v) is 7.38. The summed E-state index contributed by atoms with van der Waals surface area (Å²) in [6.45, 7) is 2.56. The Bertz CT molecular complexity index is 436. The van der Waals surface area contributed by atoms with Gasteiger partial charge in [0.1, 0.15) is 6.04 Å². The second kappa shape index (κ2) is 11.2. The van der Waals surface area contributed by atoms with Crippen molar-refractivity contribution in [3.8, 4) is 0 Å². The van der Waals surface area contributed by atoms with Gasteiger partial charge in [-0.3, -0.25) is 14.6 Å². The maximum atomic E-state index is 11.9. The third-order valence-electron chi connectivity index (χ3n) is 2.95. The van der Waals surface area contributed by atoms with Crippen LogP contribution in [0.2, 0.25) is 0 Å². The molecule has 0 aliphatic carbocycles. The van der Waals surface area contributed by atoms with Crippen molar-refractivity contribution in [3.63, 3.8) is 0 Å². The van der Waals surface area contributed by atoms with Crippen molar-refractivity contribution in [2.75, 3.05) is 13.1 Å². The largest absolute Gasteiger partial charge is 0.480 e. The molecule has 0 aromatic heterocycles. The molecule has 0 radical (unpaired) electrons. The number of carbonyl (C=O) groups excluding carboxylic acids is 2. The van der Waals surface area contributed by atoms with Crippen LogP contribution < -0.4 is 27.8 Å². The third kappa shape index (κ3) is 10.1. The highest BCUT2D eigenvalue weighted by atomic mass is 16.4. The zero-order valence-corrected chi connectivity index (χ0v) is 13.2. The van der Waals surface area contributed by atoms with E-state index in [4.69, 9.17) is 22.3 Å². The van der Waals surface area contributed by atoms with E-state index in [1.54, 1.807) is 6.92 Å². The Morgan fingerprint density at radius 3 is 2.39 bits per heavy atom. The SMILES string of the molecule is CCNC(=O)CC[C@H](NC(=O)[C@@H](N)CCCN=C(N)N)C(=O)O. The molecule has 0 aliphatic heterocycles. The second-order valence-corrected chi connectivity index (χ2v) is 4.95. The van der Waals surface area contributed by atoms with Crippen molar-refractivity contribution >= 4 is 23.7 Å². The van der Waals surface area contributed by atoms with E-state index >= 15 is 0 Å². The lowest BCUT2D eigenvalue weighted by atomic mass is 10.1. The lowest BCUT2D eigenvalue weighted by Crippen LogP contribution is -2.48. The fraction of sp³-hybridized carbons (Fsp3) is 0.692. The topological polar surface area (TPSA) is 186 Å². The van der Waals surface area contributed by atoms with E-state index in [0.29, 0.717) is 25.9 Å². The first kappa shape index (κ1) is 20.6. The van der Waals surface area contributed by atoms with Gasteiger partial charge >= 0.3 is 5.97 Å². The van der Waals surface area contributed by atoms with Gasteiger partial charge in [0.05, 0.1) is 6.04 Å². The molecule has 10 heteroatoms. The summed E-state index contributed by atoms with van der Waals surface area (Å²) in [6, 6.07) is -2.02. The first-order chi connectivity index (χ1) is 10.8. The Hall–Kier alpha value is -2.36. The predicted octanol–water partition coefficient (Wildman–Crippen LogP) is -2.15. The van der Waals surface area contributed by atoms with Gasteiger partial charge in [0.2, 0.25) is 11.8 Å². The minimum Gasteiger partial charge on any atom is -0.480 e. The molecule has 2 amide bonds. The summed E-state index contributed by atoms with van der Waals surface area (Å²) in [5, 5.41) is 14.0. The zero-order chi connectivity index (χ0) is 17.8. The average molecular weight is 330 g/mol. The van der Waals surface area contributed by atoms with Gasteiger partial charge in [0.25, 0.3) is 0 Å². The Morgan fingerprint density at radius 1 is 1.22 bits per heavy atom. The molecule has 0 bridgehead atoms. The average Bonchev–Trinajstić information content (AvgIpc) is 2.47. The van der Waals surface area contributed by atoms with Crippen LogP contribution in [0.4, 0.5) is 0 Å². The van der Waals surface area contributed by atoms with Crippen LogP contribution in [0.25, 0.3) is 0 Å². The van der Waals surface area contributed by atoms with Crippen LogP contribution in [0.1, 0.15) is 32.6 Å². The van der Waals surface area contributed by atoms with E-state index < -0.39 is 24.0 Å². The van der Waals surface area contributed by atoms with Gasteiger partial charge in [0, 0.05) is 19.5 Å². The monoisotopic (exact) mass is 330 g/mol. The van der Waals surface area contributed by atoms with Gasteiger partial charge in [-0.05, 0) is 26.2 Å². The molecule has 132 valence electrons. The van der Waals surface area contributed by atoms with Crippen LogP contribution in [-0.4, -0.2) is 54.0 Å². The molecule has 0 aromatic rings. The van der Waals surface area contributed by atoms with Crippen LogP contribution in [0.15, 0.2) is 4.99 Å². The second-order valence-electron chi connectivity index (χ2n) is 4.95. The van der Waals surface area contributed by atoms with Crippen LogP contribution in [0, 0.1) is 0 Å². The smallest absolute Gasteiger partial charge is 0.326 e. The summed E-state index contributed by atoms with van der Waals surface area (Å²) in [4.78, 5) is 38.1. The number of nitrogens with one attached hydrogen (secondary N) is 2. The predicted molar refractivity (Wildman–Crippen MR) is 85.4 cm³/mol. The van der Waals surface area contributed by atoms with Crippen molar-refractivity contribution < 1.29 is 19.5 Å². The molecule has 0 saturated heterocycles. The number of carboxylic acid groups (broad SMARTS) is 1. The van der Waals surface area contributed by atoms with Crippen LogP contribution in [0.3, 0.4) is 0 Å². The number of hydrogen-bond acceptors (Lipinski definition) is 5. The summed E-state index contributed by atoms with van der Waals surface area (Å²) in [5.41, 5.74) is 16.0. The Morgan fingerprint density at radius 2 is 1.87 bits per heavy atom. The molecule has 0 heterocycles. The Balaban J connectivity index is 4.29. The van der Waals surface area contributed by atoms with Crippen molar-refractivity contribution in [1.29, 1.82) is 0 Å². The maximum Gasteiger partial charge on any atom is 0.326 e. The molecule has 0 saturated carbocycles. The number of carboxylic acids is 1. The number of aliphatic imine (C=N–C) groups is 1. The number of aliphatic carboxylic acids is 1. The quantitative estimate of drug-likeness (QED) is 0.141. The summed E-state index contributed by atoms with van der Waals surface area (Å²) in [5.74, 6) is -2.11. The van der Waals surface area contributed by atoms with Gasteiger partial charge < -0.3 is 32.9 Å². The van der Waals surface area contributed by atoms with Gasteiger partial charge in [-0.1, -0.05) is 0 Å². The normalized spacial score (nSPS) is 12.8. The van der Waals surface area contributed by atoms with Crippen LogP contribution in [-0.2, 0) is 14.4 Å². The van der Waals surface area contributed by atoms with E-state index in [1.165, 1.54) is 0 Å². The van der Waals surface area contributed by atoms with E-state index in [2.05, 4.69) is 15.6 Å². The van der Waals surface area contributed by atoms with E-state index in [9.17, 15) is 14.4 Å². The highest BCUT2D eigenvalue weighted by molar-refractivity contribution is 5.87. The molecule has 0 spiro atoms.